The van der Waals surface area contributed by atoms with Crippen molar-refractivity contribution in [2.45, 2.75) is 26.4 Å². The highest BCUT2D eigenvalue weighted by Gasteiger charge is 2.30. The van der Waals surface area contributed by atoms with E-state index >= 15 is 0 Å². The topological polar surface area (TPSA) is 65.0 Å². The number of hydrogen-bond donors (Lipinski definition) is 0. The van der Waals surface area contributed by atoms with Crippen molar-refractivity contribution in [2.24, 2.45) is 4.99 Å². The molecule has 0 fully saturated rings. The van der Waals surface area contributed by atoms with Gasteiger partial charge in [0.1, 0.15) is 5.71 Å². The first-order chi connectivity index (χ1) is 10.8. The largest absolute Gasteiger partial charge is 0.466 e. The molecule has 0 aliphatic heterocycles. The normalized spacial score (nSPS) is 12.0. The highest BCUT2D eigenvalue weighted by Crippen LogP contribution is 2.31. The average Bonchev–Trinajstić information content (AvgIpc) is 2.46. The minimum Gasteiger partial charge on any atom is -0.466 e. The summed E-state index contributed by atoms with van der Waals surface area (Å²) in [5.74, 6) is -1.59. The van der Waals surface area contributed by atoms with E-state index in [0.29, 0.717) is 0 Å². The van der Waals surface area contributed by atoms with Crippen molar-refractivity contribution in [3.05, 3.63) is 29.8 Å². The van der Waals surface area contributed by atoms with Gasteiger partial charge in [0.25, 0.3) is 0 Å². The second-order valence-corrected chi connectivity index (χ2v) is 4.31. The summed E-state index contributed by atoms with van der Waals surface area (Å²) in [6, 6.07) is 4.12. The monoisotopic (exact) mass is 331 g/mol. The van der Waals surface area contributed by atoms with E-state index in [4.69, 9.17) is 9.47 Å². The summed E-state index contributed by atoms with van der Waals surface area (Å²) >= 11 is 0. The molecule has 1 rings (SSSR count). The maximum atomic E-state index is 12.7. The van der Waals surface area contributed by atoms with E-state index in [-0.39, 0.29) is 24.6 Å². The first-order valence-electron chi connectivity index (χ1n) is 6.85. The Morgan fingerprint density at radius 3 is 2.35 bits per heavy atom. The molecule has 0 atom stereocenters. The first-order valence-corrected chi connectivity index (χ1v) is 6.85. The third-order valence-electron chi connectivity index (χ3n) is 2.57. The van der Waals surface area contributed by atoms with Crippen LogP contribution in [0.3, 0.4) is 0 Å². The Morgan fingerprint density at radius 2 is 1.78 bits per heavy atom. The second-order valence-electron chi connectivity index (χ2n) is 4.31. The van der Waals surface area contributed by atoms with Crippen LogP contribution in [0.5, 0.6) is 0 Å². The van der Waals surface area contributed by atoms with Gasteiger partial charge >= 0.3 is 18.1 Å². The van der Waals surface area contributed by atoms with Crippen LogP contribution in [0.2, 0.25) is 0 Å². The number of benzene rings is 1. The molecule has 0 saturated carbocycles. The number of carbonyl (C=O) groups excluding carboxylic acids is 2. The first kappa shape index (κ1) is 18.7. The summed E-state index contributed by atoms with van der Waals surface area (Å²) in [6.45, 7) is 3.30. The van der Waals surface area contributed by atoms with E-state index < -0.39 is 30.1 Å². The van der Waals surface area contributed by atoms with Crippen LogP contribution in [-0.4, -0.2) is 30.9 Å². The zero-order valence-electron chi connectivity index (χ0n) is 12.6. The van der Waals surface area contributed by atoms with Gasteiger partial charge in [-0.25, -0.2) is 9.79 Å². The number of ether oxygens (including phenoxy) is 2. The van der Waals surface area contributed by atoms with E-state index in [1.165, 1.54) is 6.07 Å². The Labute approximate surface area is 131 Å². The van der Waals surface area contributed by atoms with Crippen LogP contribution in [0.25, 0.3) is 0 Å². The number of carbonyl (C=O) groups is 2. The fraction of sp³-hybridized carbons (Fsp3) is 0.400. The number of alkyl halides is 3. The molecule has 126 valence electrons. The third-order valence-corrected chi connectivity index (χ3v) is 2.57. The van der Waals surface area contributed by atoms with Gasteiger partial charge in [0, 0.05) is 0 Å². The standard InChI is InChI=1S/C15H16F3NO4/c1-3-22-13(20)9-12(14(21)23-4-2)19-11-7-5-6-10(8-11)15(16,17)18/h5-8H,3-4,9H2,1-2H3. The van der Waals surface area contributed by atoms with Crippen molar-refractivity contribution in [2.75, 3.05) is 13.2 Å². The fourth-order valence-corrected chi connectivity index (χ4v) is 1.63. The van der Waals surface area contributed by atoms with Crippen molar-refractivity contribution >= 4 is 23.3 Å². The van der Waals surface area contributed by atoms with E-state index in [0.717, 1.165) is 18.2 Å². The molecule has 0 aliphatic rings. The summed E-state index contributed by atoms with van der Waals surface area (Å²) in [5.41, 5.74) is -1.32. The molecule has 0 heterocycles. The van der Waals surface area contributed by atoms with Gasteiger partial charge < -0.3 is 9.47 Å². The predicted molar refractivity (Wildman–Crippen MR) is 76.4 cm³/mol. The average molecular weight is 331 g/mol. The van der Waals surface area contributed by atoms with Gasteiger partial charge in [-0.2, -0.15) is 13.2 Å². The Morgan fingerprint density at radius 1 is 1.13 bits per heavy atom. The Kier molecular flexibility index (Phi) is 6.74. The van der Waals surface area contributed by atoms with Crippen LogP contribution < -0.4 is 0 Å². The molecule has 0 N–H and O–H groups in total. The molecule has 0 bridgehead atoms. The molecule has 0 amide bonds. The van der Waals surface area contributed by atoms with Gasteiger partial charge in [-0.1, -0.05) is 6.07 Å². The summed E-state index contributed by atoms with van der Waals surface area (Å²) < 4.78 is 47.5. The summed E-state index contributed by atoms with van der Waals surface area (Å²) in [6.07, 6.45) is -5.01. The van der Waals surface area contributed by atoms with Gasteiger partial charge in [0.15, 0.2) is 0 Å². The molecule has 0 aromatic heterocycles. The van der Waals surface area contributed by atoms with Crippen molar-refractivity contribution in [3.63, 3.8) is 0 Å². The quantitative estimate of drug-likeness (QED) is 0.593. The van der Waals surface area contributed by atoms with E-state index in [9.17, 15) is 22.8 Å². The van der Waals surface area contributed by atoms with Crippen LogP contribution in [0, 0.1) is 0 Å². The smallest absolute Gasteiger partial charge is 0.416 e. The van der Waals surface area contributed by atoms with Crippen molar-refractivity contribution in [1.82, 2.24) is 0 Å². The minimum atomic E-state index is -4.53. The van der Waals surface area contributed by atoms with Crippen molar-refractivity contribution < 1.29 is 32.2 Å². The highest BCUT2D eigenvalue weighted by atomic mass is 19.4. The lowest BCUT2D eigenvalue weighted by atomic mass is 10.2. The van der Waals surface area contributed by atoms with Crippen molar-refractivity contribution in [1.29, 1.82) is 0 Å². The lowest BCUT2D eigenvalue weighted by Gasteiger charge is -2.08. The molecule has 5 nitrogen and oxygen atoms in total. The summed E-state index contributed by atoms with van der Waals surface area (Å²) in [4.78, 5) is 27.1. The predicted octanol–water partition coefficient (Wildman–Crippen LogP) is 3.29. The van der Waals surface area contributed by atoms with Crippen molar-refractivity contribution in [3.8, 4) is 0 Å². The van der Waals surface area contributed by atoms with Gasteiger partial charge in [0.2, 0.25) is 0 Å². The molecule has 23 heavy (non-hydrogen) atoms. The lowest BCUT2D eigenvalue weighted by molar-refractivity contribution is -0.143. The minimum absolute atomic E-state index is 0.0449. The lowest BCUT2D eigenvalue weighted by Crippen LogP contribution is -2.22. The van der Waals surface area contributed by atoms with Gasteiger partial charge in [-0.05, 0) is 32.0 Å². The molecule has 0 spiro atoms. The molecule has 8 heteroatoms. The molecule has 0 aliphatic carbocycles. The van der Waals surface area contributed by atoms with Gasteiger partial charge in [-0.15, -0.1) is 0 Å². The Balaban J connectivity index is 3.12. The Hall–Kier alpha value is -2.38. The molecule has 0 radical (unpaired) electrons. The van der Waals surface area contributed by atoms with Crippen LogP contribution in [0.1, 0.15) is 25.8 Å². The Bertz CT molecular complexity index is 597. The third kappa shape index (κ3) is 6.09. The van der Waals surface area contributed by atoms with Crippen LogP contribution in [-0.2, 0) is 25.2 Å². The van der Waals surface area contributed by atoms with Crippen LogP contribution >= 0.6 is 0 Å². The molecule has 0 unspecified atom stereocenters. The molecular formula is C15H16F3NO4. The van der Waals surface area contributed by atoms with Gasteiger partial charge in [-0.3, -0.25) is 4.79 Å². The zero-order valence-corrected chi connectivity index (χ0v) is 12.6. The van der Waals surface area contributed by atoms with E-state index in [2.05, 4.69) is 4.99 Å². The molecule has 0 saturated heterocycles. The number of hydrogen-bond acceptors (Lipinski definition) is 5. The number of nitrogens with zero attached hydrogens (tertiary/aromatic N) is 1. The number of aliphatic imine (C=N–C) groups is 1. The highest BCUT2D eigenvalue weighted by molar-refractivity contribution is 6.39. The number of esters is 2. The summed E-state index contributed by atoms with van der Waals surface area (Å²) in [7, 11) is 0. The second kappa shape index (κ2) is 8.30. The molecule has 1 aromatic rings. The van der Waals surface area contributed by atoms with Crippen LogP contribution in [0.15, 0.2) is 29.3 Å². The fourth-order valence-electron chi connectivity index (χ4n) is 1.63. The maximum Gasteiger partial charge on any atom is 0.416 e. The SMILES string of the molecule is CCOC(=O)CC(=Nc1cccc(C(F)(F)F)c1)C(=O)OCC. The van der Waals surface area contributed by atoms with E-state index in [1.807, 2.05) is 0 Å². The van der Waals surface area contributed by atoms with E-state index in [1.54, 1.807) is 13.8 Å². The molecular weight excluding hydrogens is 315 g/mol. The number of rotatable bonds is 6. The van der Waals surface area contributed by atoms with Crippen LogP contribution in [0.4, 0.5) is 18.9 Å². The molecule has 1 aromatic carbocycles. The summed E-state index contributed by atoms with van der Waals surface area (Å²) in [5, 5.41) is 0. The maximum absolute atomic E-state index is 12.7. The number of halogens is 3. The zero-order chi connectivity index (χ0) is 17.5. The van der Waals surface area contributed by atoms with Gasteiger partial charge in [0.05, 0.1) is 30.9 Å².